The Bertz CT molecular complexity index is 956. The number of H-pyrrole nitrogens is 1. The smallest absolute Gasteiger partial charge is 0.406 e. The summed E-state index contributed by atoms with van der Waals surface area (Å²) in [6.07, 6.45) is -3.47. The van der Waals surface area contributed by atoms with E-state index >= 15 is 0 Å². The lowest BCUT2D eigenvalue weighted by atomic mass is 10.1. The number of halogens is 3. The quantitative estimate of drug-likeness (QED) is 0.759. The number of carboxylic acid groups (broad SMARTS) is 1. The van der Waals surface area contributed by atoms with Crippen LogP contribution in [0.3, 0.4) is 0 Å². The van der Waals surface area contributed by atoms with E-state index in [0.29, 0.717) is 0 Å². The molecule has 114 valence electrons. The van der Waals surface area contributed by atoms with E-state index in [4.69, 9.17) is 5.11 Å². The molecule has 0 aliphatic carbocycles. The van der Waals surface area contributed by atoms with Crippen LogP contribution in [0.2, 0.25) is 0 Å². The van der Waals surface area contributed by atoms with Gasteiger partial charge in [-0.15, -0.1) is 0 Å². The average Bonchev–Trinajstić information content (AvgIpc) is 2.72. The number of aromatic nitrogens is 3. The maximum Gasteiger partial charge on any atom is 0.406 e. The second kappa shape index (κ2) is 4.58. The number of nitrogens with zero attached hydrogens (tertiary/aromatic N) is 2. The number of fused-ring (bicyclic) bond motifs is 3. The fraction of sp³-hybridized carbons (Fsp3) is 0.154. The van der Waals surface area contributed by atoms with Gasteiger partial charge in [0.15, 0.2) is 0 Å². The summed E-state index contributed by atoms with van der Waals surface area (Å²) in [6, 6.07) is 3.63. The Balaban J connectivity index is 2.45. The van der Waals surface area contributed by atoms with Gasteiger partial charge < -0.3 is 14.7 Å². The van der Waals surface area contributed by atoms with Crippen molar-refractivity contribution in [2.75, 3.05) is 0 Å². The minimum absolute atomic E-state index is 0.0334. The molecule has 1 aromatic carbocycles. The molecule has 0 atom stereocenters. The molecule has 0 radical (unpaired) electrons. The highest BCUT2D eigenvalue weighted by Gasteiger charge is 2.30. The van der Waals surface area contributed by atoms with Gasteiger partial charge in [-0.2, -0.15) is 13.2 Å². The number of carboxylic acids is 1. The number of rotatable bonds is 2. The van der Waals surface area contributed by atoms with E-state index in [9.17, 15) is 22.8 Å². The summed E-state index contributed by atoms with van der Waals surface area (Å²) >= 11 is 0. The first-order valence-electron chi connectivity index (χ1n) is 6.07. The van der Waals surface area contributed by atoms with Crippen LogP contribution in [0.15, 0.2) is 29.3 Å². The molecule has 6 nitrogen and oxygen atoms in total. The van der Waals surface area contributed by atoms with E-state index < -0.39 is 24.2 Å². The summed E-state index contributed by atoms with van der Waals surface area (Å²) < 4.78 is 39.1. The molecule has 3 rings (SSSR count). The molecule has 22 heavy (non-hydrogen) atoms. The van der Waals surface area contributed by atoms with Crippen molar-refractivity contribution in [2.45, 2.75) is 12.7 Å². The summed E-state index contributed by atoms with van der Waals surface area (Å²) in [6.45, 7) is -1.37. The fourth-order valence-corrected chi connectivity index (χ4v) is 2.40. The Morgan fingerprint density at radius 1 is 1.36 bits per heavy atom. The van der Waals surface area contributed by atoms with Crippen molar-refractivity contribution in [1.29, 1.82) is 0 Å². The van der Waals surface area contributed by atoms with Crippen LogP contribution in [0, 0.1) is 0 Å². The van der Waals surface area contributed by atoms with Gasteiger partial charge in [-0.05, 0) is 18.2 Å². The van der Waals surface area contributed by atoms with Crippen LogP contribution in [-0.4, -0.2) is 31.8 Å². The van der Waals surface area contributed by atoms with Crippen molar-refractivity contribution in [3.63, 3.8) is 0 Å². The second-order valence-corrected chi connectivity index (χ2v) is 4.67. The number of hydrogen-bond donors (Lipinski definition) is 2. The number of benzene rings is 1. The average molecular weight is 311 g/mol. The monoisotopic (exact) mass is 311 g/mol. The van der Waals surface area contributed by atoms with Gasteiger partial charge >= 0.3 is 12.1 Å². The summed E-state index contributed by atoms with van der Waals surface area (Å²) in [4.78, 5) is 29.0. The molecule has 0 saturated heterocycles. The molecule has 0 aliphatic heterocycles. The van der Waals surface area contributed by atoms with Crippen molar-refractivity contribution in [1.82, 2.24) is 14.5 Å². The summed E-state index contributed by atoms with van der Waals surface area (Å²) in [5.41, 5.74) is -0.923. The highest BCUT2D eigenvalue weighted by atomic mass is 19.4. The minimum Gasteiger partial charge on any atom is -0.478 e. The van der Waals surface area contributed by atoms with Gasteiger partial charge in [0.1, 0.15) is 17.6 Å². The fourth-order valence-electron chi connectivity index (χ4n) is 2.40. The van der Waals surface area contributed by atoms with E-state index in [1.54, 1.807) is 0 Å². The Morgan fingerprint density at radius 3 is 2.73 bits per heavy atom. The van der Waals surface area contributed by atoms with E-state index in [1.165, 1.54) is 18.2 Å². The molecule has 0 amide bonds. The highest BCUT2D eigenvalue weighted by Crippen LogP contribution is 2.29. The minimum atomic E-state index is -4.54. The van der Waals surface area contributed by atoms with E-state index in [0.717, 1.165) is 10.9 Å². The molecular formula is C13H8F3N3O3. The Morgan fingerprint density at radius 2 is 2.09 bits per heavy atom. The number of alkyl halides is 3. The van der Waals surface area contributed by atoms with Gasteiger partial charge in [0.2, 0.25) is 0 Å². The molecular weight excluding hydrogens is 303 g/mol. The first-order valence-corrected chi connectivity index (χ1v) is 6.07. The molecule has 0 spiro atoms. The zero-order chi connectivity index (χ0) is 16.1. The topological polar surface area (TPSA) is 88.0 Å². The molecule has 9 heteroatoms. The first kappa shape index (κ1) is 14.1. The Labute approximate surface area is 119 Å². The standard InChI is InChI=1S/C13H8F3N3O3/c14-13(15,16)4-19-8-2-1-6(12(21)22)3-7(8)9-10(19)11(20)18-5-17-9/h1-3,5H,4H2,(H,21,22)(H,17,18,20). The van der Waals surface area contributed by atoms with Gasteiger partial charge in [0.05, 0.1) is 17.4 Å². The molecule has 3 aromatic rings. The molecule has 0 unspecified atom stereocenters. The van der Waals surface area contributed by atoms with Gasteiger partial charge in [0.25, 0.3) is 5.56 Å². The largest absolute Gasteiger partial charge is 0.478 e. The normalized spacial score (nSPS) is 12.1. The van der Waals surface area contributed by atoms with Crippen LogP contribution in [-0.2, 0) is 6.54 Å². The zero-order valence-corrected chi connectivity index (χ0v) is 10.8. The molecule has 2 aromatic heterocycles. The van der Waals surface area contributed by atoms with E-state index in [1.807, 2.05) is 0 Å². The van der Waals surface area contributed by atoms with Crippen LogP contribution in [0.5, 0.6) is 0 Å². The lowest BCUT2D eigenvalue weighted by Crippen LogP contribution is -2.20. The van der Waals surface area contributed by atoms with Gasteiger partial charge in [-0.3, -0.25) is 4.79 Å². The first-order chi connectivity index (χ1) is 10.3. The lowest BCUT2D eigenvalue weighted by molar-refractivity contribution is -0.139. The number of hydrogen-bond acceptors (Lipinski definition) is 3. The predicted molar refractivity (Wildman–Crippen MR) is 70.9 cm³/mol. The van der Waals surface area contributed by atoms with Crippen molar-refractivity contribution in [3.05, 3.63) is 40.4 Å². The van der Waals surface area contributed by atoms with Gasteiger partial charge in [0, 0.05) is 5.39 Å². The van der Waals surface area contributed by atoms with Crippen LogP contribution < -0.4 is 5.56 Å². The van der Waals surface area contributed by atoms with E-state index in [-0.39, 0.29) is 27.5 Å². The third-order valence-electron chi connectivity index (χ3n) is 3.23. The molecule has 2 N–H and O–H groups in total. The van der Waals surface area contributed by atoms with Gasteiger partial charge in [-0.25, -0.2) is 9.78 Å². The van der Waals surface area contributed by atoms with Crippen molar-refractivity contribution in [2.24, 2.45) is 0 Å². The van der Waals surface area contributed by atoms with Crippen LogP contribution in [0.1, 0.15) is 10.4 Å². The molecule has 0 fully saturated rings. The predicted octanol–water partition coefficient (Wildman–Crippen LogP) is 2.14. The molecule has 2 heterocycles. The third kappa shape index (κ3) is 2.20. The van der Waals surface area contributed by atoms with Crippen LogP contribution >= 0.6 is 0 Å². The summed E-state index contributed by atoms with van der Waals surface area (Å²) in [7, 11) is 0. The number of aromatic carboxylic acids is 1. The zero-order valence-electron chi connectivity index (χ0n) is 10.8. The summed E-state index contributed by atoms with van der Waals surface area (Å²) in [5, 5.41) is 9.17. The van der Waals surface area contributed by atoms with E-state index in [2.05, 4.69) is 9.97 Å². The third-order valence-corrected chi connectivity index (χ3v) is 3.23. The van der Waals surface area contributed by atoms with Crippen LogP contribution in [0.25, 0.3) is 21.9 Å². The van der Waals surface area contributed by atoms with Crippen molar-refractivity contribution >= 4 is 27.9 Å². The van der Waals surface area contributed by atoms with Crippen molar-refractivity contribution in [3.8, 4) is 0 Å². The van der Waals surface area contributed by atoms with Gasteiger partial charge in [-0.1, -0.05) is 0 Å². The van der Waals surface area contributed by atoms with Crippen molar-refractivity contribution < 1.29 is 23.1 Å². The SMILES string of the molecule is O=C(O)c1ccc2c(c1)c1nc[nH]c(=O)c1n2CC(F)(F)F. The second-order valence-electron chi connectivity index (χ2n) is 4.67. The molecule has 0 saturated carbocycles. The lowest BCUT2D eigenvalue weighted by Gasteiger charge is -2.09. The maximum absolute atomic E-state index is 12.8. The number of aromatic amines is 1. The maximum atomic E-state index is 12.8. The summed E-state index contributed by atoms with van der Waals surface area (Å²) in [5.74, 6) is -1.22. The number of carbonyl (C=O) groups is 1. The Kier molecular flexibility index (Phi) is 2.94. The Hall–Kier alpha value is -2.84. The van der Waals surface area contributed by atoms with Crippen LogP contribution in [0.4, 0.5) is 13.2 Å². The highest BCUT2D eigenvalue weighted by molar-refractivity contribution is 6.07. The molecule has 0 aliphatic rings. The number of nitrogens with one attached hydrogen (secondary N) is 1. The molecule has 0 bridgehead atoms.